The van der Waals surface area contributed by atoms with Gasteiger partial charge >= 0.3 is 12.0 Å². The minimum Gasteiger partial charge on any atom is -0.481 e. The van der Waals surface area contributed by atoms with Crippen molar-refractivity contribution in [1.82, 2.24) is 15.5 Å². The maximum absolute atomic E-state index is 11.8. The molecule has 0 aromatic carbocycles. The lowest BCUT2D eigenvalue weighted by Gasteiger charge is -2.37. The van der Waals surface area contributed by atoms with E-state index in [0.717, 1.165) is 32.4 Å². The number of nitrogens with zero attached hydrogens (tertiary/aromatic N) is 1. The van der Waals surface area contributed by atoms with Gasteiger partial charge in [-0.15, -0.1) is 0 Å². The largest absolute Gasteiger partial charge is 0.481 e. The Labute approximate surface area is 127 Å². The zero-order valence-corrected chi connectivity index (χ0v) is 13.4. The lowest BCUT2D eigenvalue weighted by molar-refractivity contribution is -0.138. The van der Waals surface area contributed by atoms with E-state index in [4.69, 9.17) is 5.11 Å². The number of hydrogen-bond acceptors (Lipinski definition) is 3. The Hall–Kier alpha value is -1.30. The SMILES string of the molecule is CCC(CNC(=O)NCC1(C)CCN(C)CC1)CC(=O)O. The molecule has 1 heterocycles. The van der Waals surface area contributed by atoms with Crippen LogP contribution in [0.25, 0.3) is 0 Å². The molecule has 21 heavy (non-hydrogen) atoms. The van der Waals surface area contributed by atoms with Crippen LogP contribution in [0.2, 0.25) is 0 Å². The third kappa shape index (κ3) is 6.80. The van der Waals surface area contributed by atoms with E-state index in [9.17, 15) is 9.59 Å². The van der Waals surface area contributed by atoms with E-state index in [0.29, 0.717) is 13.1 Å². The van der Waals surface area contributed by atoms with Crippen LogP contribution < -0.4 is 10.6 Å². The number of hydrogen-bond donors (Lipinski definition) is 3. The van der Waals surface area contributed by atoms with Gasteiger partial charge in [-0.3, -0.25) is 4.79 Å². The summed E-state index contributed by atoms with van der Waals surface area (Å²) in [6.07, 6.45) is 3.01. The molecule has 0 radical (unpaired) electrons. The highest BCUT2D eigenvalue weighted by atomic mass is 16.4. The summed E-state index contributed by atoms with van der Waals surface area (Å²) in [5.74, 6) is -0.824. The summed E-state index contributed by atoms with van der Waals surface area (Å²) in [7, 11) is 2.12. The van der Waals surface area contributed by atoms with Crippen molar-refractivity contribution in [2.45, 2.75) is 39.5 Å². The van der Waals surface area contributed by atoms with Crippen LogP contribution in [0.4, 0.5) is 4.79 Å². The number of carboxylic acid groups (broad SMARTS) is 1. The molecule has 0 spiro atoms. The summed E-state index contributed by atoms with van der Waals surface area (Å²) in [5.41, 5.74) is 0.162. The van der Waals surface area contributed by atoms with Crippen molar-refractivity contribution in [2.24, 2.45) is 11.3 Å². The van der Waals surface area contributed by atoms with Gasteiger partial charge in [0.25, 0.3) is 0 Å². The van der Waals surface area contributed by atoms with Gasteiger partial charge in [0.1, 0.15) is 0 Å². The smallest absolute Gasteiger partial charge is 0.314 e. The van der Waals surface area contributed by atoms with Crippen molar-refractivity contribution in [3.63, 3.8) is 0 Å². The first-order valence-corrected chi connectivity index (χ1v) is 7.76. The molecule has 0 bridgehead atoms. The first kappa shape index (κ1) is 17.8. The monoisotopic (exact) mass is 299 g/mol. The fourth-order valence-corrected chi connectivity index (χ4v) is 2.54. The fourth-order valence-electron chi connectivity index (χ4n) is 2.54. The lowest BCUT2D eigenvalue weighted by Crippen LogP contribution is -2.46. The second kappa shape index (κ2) is 8.22. The minimum atomic E-state index is -0.817. The van der Waals surface area contributed by atoms with E-state index in [1.54, 1.807) is 0 Å². The van der Waals surface area contributed by atoms with Crippen LogP contribution in [0, 0.1) is 11.3 Å². The van der Waals surface area contributed by atoms with Gasteiger partial charge in [0.05, 0.1) is 0 Å². The molecule has 0 aliphatic carbocycles. The lowest BCUT2D eigenvalue weighted by atomic mass is 9.80. The topological polar surface area (TPSA) is 81.7 Å². The zero-order chi connectivity index (χ0) is 15.9. The van der Waals surface area contributed by atoms with Crippen LogP contribution in [0.5, 0.6) is 0 Å². The van der Waals surface area contributed by atoms with Crippen molar-refractivity contribution < 1.29 is 14.7 Å². The molecule has 122 valence electrons. The highest BCUT2D eigenvalue weighted by Crippen LogP contribution is 2.29. The van der Waals surface area contributed by atoms with Crippen molar-refractivity contribution in [3.8, 4) is 0 Å². The van der Waals surface area contributed by atoms with Crippen molar-refractivity contribution in [1.29, 1.82) is 0 Å². The Bertz CT molecular complexity index is 352. The summed E-state index contributed by atoms with van der Waals surface area (Å²) in [6, 6.07) is -0.195. The van der Waals surface area contributed by atoms with Crippen LogP contribution in [0.3, 0.4) is 0 Å². The third-order valence-corrected chi connectivity index (χ3v) is 4.46. The molecule has 1 unspecified atom stereocenters. The predicted molar refractivity (Wildman–Crippen MR) is 82.3 cm³/mol. The maximum Gasteiger partial charge on any atom is 0.314 e. The third-order valence-electron chi connectivity index (χ3n) is 4.46. The average molecular weight is 299 g/mol. The highest BCUT2D eigenvalue weighted by molar-refractivity contribution is 5.74. The summed E-state index contributed by atoms with van der Waals surface area (Å²) in [4.78, 5) is 24.8. The highest BCUT2D eigenvalue weighted by Gasteiger charge is 2.29. The first-order chi connectivity index (χ1) is 9.84. The van der Waals surface area contributed by atoms with Crippen LogP contribution in [0.15, 0.2) is 0 Å². The number of likely N-dealkylation sites (tertiary alicyclic amines) is 1. The normalized spacial score (nSPS) is 19.8. The molecule has 3 N–H and O–H groups in total. The molecule has 0 aromatic heterocycles. The molecule has 0 saturated carbocycles. The molecule has 6 heteroatoms. The minimum absolute atomic E-state index is 0.00725. The second-order valence-corrected chi connectivity index (χ2v) is 6.55. The van der Waals surface area contributed by atoms with E-state index in [1.165, 1.54) is 0 Å². The number of urea groups is 1. The van der Waals surface area contributed by atoms with E-state index in [-0.39, 0.29) is 23.8 Å². The molecule has 1 rings (SSSR count). The summed E-state index contributed by atoms with van der Waals surface area (Å²) in [6.45, 7) is 7.36. The standard InChI is InChI=1S/C15H29N3O3/c1-4-12(9-13(19)20)10-16-14(21)17-11-15(2)5-7-18(3)8-6-15/h12H,4-11H2,1-3H3,(H,19,20)(H2,16,17,21). The Morgan fingerprint density at radius 2 is 1.90 bits per heavy atom. The number of piperidine rings is 1. The molecule has 1 atom stereocenters. The van der Waals surface area contributed by atoms with Crippen molar-refractivity contribution in [3.05, 3.63) is 0 Å². The first-order valence-electron chi connectivity index (χ1n) is 7.76. The number of amides is 2. The van der Waals surface area contributed by atoms with Gasteiger partial charge in [-0.05, 0) is 44.3 Å². The maximum atomic E-state index is 11.8. The molecule has 1 fully saturated rings. The quantitative estimate of drug-likeness (QED) is 0.666. The van der Waals surface area contributed by atoms with Crippen LogP contribution in [-0.4, -0.2) is 55.2 Å². The van der Waals surface area contributed by atoms with Crippen LogP contribution >= 0.6 is 0 Å². The van der Waals surface area contributed by atoms with Gasteiger partial charge in [-0.25, -0.2) is 4.79 Å². The van der Waals surface area contributed by atoms with Gasteiger partial charge < -0.3 is 20.6 Å². The average Bonchev–Trinajstić information content (AvgIpc) is 2.44. The molecular formula is C15H29N3O3. The molecule has 6 nitrogen and oxygen atoms in total. The summed E-state index contributed by atoms with van der Waals surface area (Å²) < 4.78 is 0. The molecule has 1 saturated heterocycles. The molecule has 0 aromatic rings. The van der Waals surface area contributed by atoms with Crippen LogP contribution in [-0.2, 0) is 4.79 Å². The van der Waals surface area contributed by atoms with E-state index in [2.05, 4.69) is 29.5 Å². The Morgan fingerprint density at radius 3 is 2.43 bits per heavy atom. The van der Waals surface area contributed by atoms with Gasteiger partial charge in [-0.2, -0.15) is 0 Å². The van der Waals surface area contributed by atoms with Gasteiger partial charge in [-0.1, -0.05) is 20.3 Å². The second-order valence-electron chi connectivity index (χ2n) is 6.55. The molecular weight excluding hydrogens is 270 g/mol. The fraction of sp³-hybridized carbons (Fsp3) is 0.867. The number of carboxylic acids is 1. The summed E-state index contributed by atoms with van der Waals surface area (Å²) in [5, 5.41) is 14.5. The van der Waals surface area contributed by atoms with Gasteiger partial charge in [0.15, 0.2) is 0 Å². The Morgan fingerprint density at radius 1 is 1.29 bits per heavy atom. The predicted octanol–water partition coefficient (Wildman–Crippen LogP) is 1.52. The van der Waals surface area contributed by atoms with E-state index in [1.807, 2.05) is 6.92 Å². The number of nitrogens with one attached hydrogen (secondary N) is 2. The molecule has 1 aliphatic heterocycles. The number of rotatable bonds is 7. The molecule has 2 amide bonds. The Balaban J connectivity index is 2.25. The van der Waals surface area contributed by atoms with Crippen molar-refractivity contribution >= 4 is 12.0 Å². The number of carbonyl (C=O) groups excluding carboxylic acids is 1. The van der Waals surface area contributed by atoms with E-state index >= 15 is 0 Å². The van der Waals surface area contributed by atoms with Gasteiger partial charge in [0.2, 0.25) is 0 Å². The molecule has 1 aliphatic rings. The number of aliphatic carboxylic acids is 1. The Kier molecular flexibility index (Phi) is 6.95. The number of carbonyl (C=O) groups is 2. The zero-order valence-electron chi connectivity index (χ0n) is 13.4. The van der Waals surface area contributed by atoms with E-state index < -0.39 is 5.97 Å². The van der Waals surface area contributed by atoms with Crippen molar-refractivity contribution in [2.75, 3.05) is 33.2 Å². The summed E-state index contributed by atoms with van der Waals surface area (Å²) >= 11 is 0. The van der Waals surface area contributed by atoms with Crippen LogP contribution in [0.1, 0.15) is 39.5 Å². The van der Waals surface area contributed by atoms with Gasteiger partial charge in [0, 0.05) is 19.5 Å².